The Labute approximate surface area is 154 Å². The number of aromatic carboxylic acids is 1. The van der Waals surface area contributed by atoms with E-state index in [0.717, 1.165) is 13.1 Å². The number of alkyl halides is 5. The fourth-order valence-corrected chi connectivity index (χ4v) is 4.43. The van der Waals surface area contributed by atoms with Gasteiger partial charge in [0.25, 0.3) is 5.55 Å². The first-order valence-electron chi connectivity index (χ1n) is 7.78. The molecule has 0 spiro atoms. The van der Waals surface area contributed by atoms with Gasteiger partial charge in [-0.3, -0.25) is 0 Å². The Morgan fingerprint density at radius 1 is 0.889 bits per heavy atom. The molecule has 2 N–H and O–H groups in total. The Hall–Kier alpha value is -2.26. The number of carboxylic acid groups (broad SMARTS) is 1. The van der Waals surface area contributed by atoms with Crippen LogP contribution in [0.3, 0.4) is 0 Å². The number of carboxylic acids is 1. The molecule has 148 valence electrons. The monoisotopic (exact) mass is 406 g/mol. The Morgan fingerprint density at radius 2 is 1.30 bits per heavy atom. The molecule has 0 aliphatic rings. The Balaban J connectivity index is 0.000000337. The molecule has 0 saturated carbocycles. The Kier molecular flexibility index (Phi) is 7.27. The average molecular weight is 406 g/mol. The topological polar surface area (TPSA) is 57.5 Å². The molecule has 27 heavy (non-hydrogen) atoms. The van der Waals surface area contributed by atoms with E-state index < -0.39 is 31.9 Å². The van der Waals surface area contributed by atoms with Crippen molar-refractivity contribution in [3.8, 4) is 0 Å². The first-order valence-corrected chi connectivity index (χ1v) is 10.8. The second-order valence-corrected chi connectivity index (χ2v) is 10.7. The van der Waals surface area contributed by atoms with Gasteiger partial charge in [0.1, 0.15) is 0 Å². The van der Waals surface area contributed by atoms with Crippen molar-refractivity contribution >= 4 is 19.2 Å². The molecule has 2 aromatic rings. The van der Waals surface area contributed by atoms with E-state index in [4.69, 9.17) is 10.2 Å². The number of hydrogen-bond acceptors (Lipinski definition) is 2. The van der Waals surface area contributed by atoms with Gasteiger partial charge in [-0.25, -0.2) is 13.6 Å². The molecule has 0 amide bonds. The van der Waals surface area contributed by atoms with Crippen LogP contribution < -0.4 is 5.19 Å². The number of halogens is 5. The van der Waals surface area contributed by atoms with Gasteiger partial charge in [-0.1, -0.05) is 66.8 Å². The summed E-state index contributed by atoms with van der Waals surface area (Å²) in [5.74, 6) is -0.879. The maximum absolute atomic E-state index is 13.9. The molecule has 0 radical (unpaired) electrons. The maximum atomic E-state index is 13.9. The van der Waals surface area contributed by atoms with E-state index in [1.807, 2.05) is 0 Å². The van der Waals surface area contributed by atoms with Crippen LogP contribution in [0.25, 0.3) is 0 Å². The van der Waals surface area contributed by atoms with Gasteiger partial charge >= 0.3 is 12.1 Å². The van der Waals surface area contributed by atoms with Crippen molar-refractivity contribution in [2.24, 2.45) is 0 Å². The predicted molar refractivity (Wildman–Crippen MR) is 94.0 cm³/mol. The summed E-state index contributed by atoms with van der Waals surface area (Å²) in [5.41, 5.74) is -3.86. The molecule has 0 bridgehead atoms. The van der Waals surface area contributed by atoms with Crippen LogP contribution in [-0.2, 0) is 0 Å². The van der Waals surface area contributed by atoms with Crippen molar-refractivity contribution in [2.75, 3.05) is 0 Å². The van der Waals surface area contributed by atoms with Gasteiger partial charge in [-0.05, 0) is 12.1 Å². The number of aliphatic hydroxyl groups excluding tert-OH is 1. The van der Waals surface area contributed by atoms with Crippen molar-refractivity contribution in [3.63, 3.8) is 0 Å². The molecule has 0 aliphatic heterocycles. The van der Waals surface area contributed by atoms with E-state index >= 15 is 0 Å². The summed E-state index contributed by atoms with van der Waals surface area (Å²) in [6.45, 7) is 2.22. The lowest BCUT2D eigenvalue weighted by Crippen LogP contribution is -2.65. The van der Waals surface area contributed by atoms with Crippen molar-refractivity contribution < 1.29 is 37.0 Å². The van der Waals surface area contributed by atoms with Gasteiger partial charge in [0.2, 0.25) is 6.10 Å². The molecule has 2 rings (SSSR count). The van der Waals surface area contributed by atoms with E-state index in [2.05, 4.69) is 0 Å². The number of benzene rings is 2. The van der Waals surface area contributed by atoms with Crippen LogP contribution in [-0.4, -0.2) is 42.1 Å². The molecular formula is C18H19F5O3Si. The van der Waals surface area contributed by atoms with E-state index in [1.165, 1.54) is 24.3 Å². The van der Waals surface area contributed by atoms with Crippen molar-refractivity contribution in [3.05, 3.63) is 66.2 Å². The van der Waals surface area contributed by atoms with Crippen LogP contribution in [0.15, 0.2) is 60.7 Å². The van der Waals surface area contributed by atoms with Crippen LogP contribution in [0.1, 0.15) is 10.4 Å². The van der Waals surface area contributed by atoms with Crippen LogP contribution in [0, 0.1) is 0 Å². The smallest absolute Gasteiger partial charge is 0.419 e. The van der Waals surface area contributed by atoms with Crippen LogP contribution in [0.5, 0.6) is 0 Å². The van der Waals surface area contributed by atoms with Crippen LogP contribution >= 0.6 is 0 Å². The summed E-state index contributed by atoms with van der Waals surface area (Å²) in [4.78, 5) is 10.2. The van der Waals surface area contributed by atoms with E-state index in [0.29, 0.717) is 5.56 Å². The largest absolute Gasteiger partial charge is 0.478 e. The average Bonchev–Trinajstić information content (AvgIpc) is 2.62. The zero-order chi connectivity index (χ0) is 20.9. The molecule has 0 aromatic heterocycles. The lowest BCUT2D eigenvalue weighted by Gasteiger charge is -2.36. The standard InChI is InChI=1S/C11H13F5OSi.C7H6O2/c1-18(2,8-6-4-3-5-7-8)11(15,16)9(17)10(12,13)14;8-7(9)6-4-2-1-3-5-6/h3-7,9,17H,1-2H3;1-5H,(H,8,9). The summed E-state index contributed by atoms with van der Waals surface area (Å²) in [5, 5.41) is 17.4. The third kappa shape index (κ3) is 5.60. The molecule has 2 aromatic carbocycles. The Bertz CT molecular complexity index is 734. The van der Waals surface area contributed by atoms with Crippen molar-refractivity contribution in [1.82, 2.24) is 0 Å². The van der Waals surface area contributed by atoms with E-state index in [-0.39, 0.29) is 5.19 Å². The molecule has 0 aliphatic carbocycles. The lowest BCUT2D eigenvalue weighted by molar-refractivity contribution is -0.250. The SMILES string of the molecule is C[Si](C)(c1ccccc1)C(F)(F)C(O)C(F)(F)F.O=C(O)c1ccccc1. The Morgan fingerprint density at radius 3 is 1.63 bits per heavy atom. The minimum Gasteiger partial charge on any atom is -0.478 e. The van der Waals surface area contributed by atoms with Crippen molar-refractivity contribution in [1.29, 1.82) is 0 Å². The maximum Gasteiger partial charge on any atom is 0.419 e. The minimum atomic E-state index is -5.33. The van der Waals surface area contributed by atoms with E-state index in [1.54, 1.807) is 36.4 Å². The number of rotatable bonds is 4. The molecular weight excluding hydrogens is 387 g/mol. The summed E-state index contributed by atoms with van der Waals surface area (Å²) < 4.78 is 64.6. The number of carbonyl (C=O) groups is 1. The fourth-order valence-electron chi connectivity index (χ4n) is 2.18. The molecule has 1 atom stereocenters. The molecule has 9 heteroatoms. The normalized spacial score (nSPS) is 13.3. The number of aliphatic hydroxyl groups is 1. The highest BCUT2D eigenvalue weighted by atomic mass is 28.3. The van der Waals surface area contributed by atoms with Gasteiger partial charge < -0.3 is 10.2 Å². The molecule has 0 heterocycles. The predicted octanol–water partition coefficient (Wildman–Crippen LogP) is 4.08. The summed E-state index contributed by atoms with van der Waals surface area (Å²) in [6.07, 6.45) is -8.96. The molecule has 0 saturated heterocycles. The third-order valence-corrected chi connectivity index (χ3v) is 7.72. The lowest BCUT2D eigenvalue weighted by atomic mass is 10.2. The number of hydrogen-bond donors (Lipinski definition) is 2. The van der Waals surface area contributed by atoms with Gasteiger partial charge in [0.15, 0.2) is 8.07 Å². The van der Waals surface area contributed by atoms with Crippen LogP contribution in [0.2, 0.25) is 13.1 Å². The van der Waals surface area contributed by atoms with Gasteiger partial charge in [-0.2, -0.15) is 13.2 Å². The van der Waals surface area contributed by atoms with E-state index in [9.17, 15) is 26.7 Å². The quantitative estimate of drug-likeness (QED) is 0.594. The zero-order valence-electron chi connectivity index (χ0n) is 14.5. The summed E-state index contributed by atoms with van der Waals surface area (Å²) in [6, 6.07) is 15.6. The van der Waals surface area contributed by atoms with Crippen molar-refractivity contribution in [2.45, 2.75) is 30.9 Å². The first kappa shape index (κ1) is 22.8. The third-order valence-electron chi connectivity index (χ3n) is 4.00. The first-order chi connectivity index (χ1) is 12.3. The van der Waals surface area contributed by atoms with Gasteiger partial charge in [0, 0.05) is 0 Å². The van der Waals surface area contributed by atoms with Gasteiger partial charge in [-0.15, -0.1) is 0 Å². The molecule has 3 nitrogen and oxygen atoms in total. The zero-order valence-corrected chi connectivity index (χ0v) is 15.5. The fraction of sp³-hybridized carbons (Fsp3) is 0.278. The highest BCUT2D eigenvalue weighted by Gasteiger charge is 2.63. The summed E-state index contributed by atoms with van der Waals surface area (Å²) >= 11 is 0. The summed E-state index contributed by atoms with van der Waals surface area (Å²) in [7, 11) is -3.78. The molecule has 0 fully saturated rings. The van der Waals surface area contributed by atoms with Crippen LogP contribution in [0.4, 0.5) is 22.0 Å². The second kappa shape index (κ2) is 8.62. The molecule has 1 unspecified atom stereocenters. The van der Waals surface area contributed by atoms with Gasteiger partial charge in [0.05, 0.1) is 5.56 Å². The highest BCUT2D eigenvalue weighted by Crippen LogP contribution is 2.38. The highest BCUT2D eigenvalue weighted by molar-refractivity contribution is 6.91. The minimum absolute atomic E-state index is 0.165. The second-order valence-electron chi connectivity index (χ2n) is 6.23.